The van der Waals surface area contributed by atoms with E-state index in [0.29, 0.717) is 19.5 Å². The first-order valence-corrected chi connectivity index (χ1v) is 9.41. The topological polar surface area (TPSA) is 73.6 Å². The van der Waals surface area contributed by atoms with Crippen LogP contribution < -0.4 is 5.32 Å². The van der Waals surface area contributed by atoms with Gasteiger partial charge in [-0.1, -0.05) is 36.4 Å². The molecule has 1 aliphatic rings. The number of nitrogens with zero attached hydrogens (tertiary/aromatic N) is 2. The summed E-state index contributed by atoms with van der Waals surface area (Å²) in [5, 5.41) is 16.5. The van der Waals surface area contributed by atoms with Gasteiger partial charge in [-0.15, -0.1) is 0 Å². The van der Waals surface area contributed by atoms with Crippen LogP contribution in [0.3, 0.4) is 0 Å². The van der Waals surface area contributed by atoms with Gasteiger partial charge in [0.15, 0.2) is 0 Å². The number of nitrogens with one attached hydrogen (secondary N) is 2. The molecule has 0 saturated heterocycles. The third-order valence-electron chi connectivity index (χ3n) is 5.87. The van der Waals surface area contributed by atoms with Crippen LogP contribution in [0, 0.1) is 11.3 Å². The van der Waals surface area contributed by atoms with Crippen molar-refractivity contribution in [3.05, 3.63) is 59.7 Å². The zero-order valence-corrected chi connectivity index (χ0v) is 15.0. The Morgan fingerprint density at radius 1 is 1.04 bits per heavy atom. The lowest BCUT2D eigenvalue weighted by Gasteiger charge is -2.08. The van der Waals surface area contributed by atoms with Gasteiger partial charge in [0.05, 0.1) is 29.1 Å². The lowest BCUT2D eigenvalue weighted by atomic mass is 9.97. The van der Waals surface area contributed by atoms with Crippen molar-refractivity contribution in [3.8, 4) is 6.07 Å². The van der Waals surface area contributed by atoms with E-state index in [-0.39, 0.29) is 5.91 Å². The number of nitriles is 1. The first-order valence-electron chi connectivity index (χ1n) is 9.41. The number of para-hydroxylation sites is 2. The first-order chi connectivity index (χ1) is 13.8. The number of amides is 1. The Morgan fingerprint density at radius 2 is 1.82 bits per heavy atom. The monoisotopic (exact) mass is 364 g/mol. The molecule has 3 heterocycles. The molecular formula is C23H16N4O. The van der Waals surface area contributed by atoms with E-state index in [9.17, 15) is 10.1 Å². The van der Waals surface area contributed by atoms with Gasteiger partial charge in [0.1, 0.15) is 0 Å². The predicted molar refractivity (Wildman–Crippen MR) is 110 cm³/mol. The maximum absolute atomic E-state index is 12.8. The van der Waals surface area contributed by atoms with Gasteiger partial charge < -0.3 is 14.9 Å². The highest BCUT2D eigenvalue weighted by molar-refractivity contribution is 6.30. The number of aryl methyl sites for hydroxylation is 1. The Morgan fingerprint density at radius 3 is 2.68 bits per heavy atom. The van der Waals surface area contributed by atoms with E-state index in [1.54, 1.807) is 0 Å². The van der Waals surface area contributed by atoms with Crippen LogP contribution in [0.15, 0.2) is 48.5 Å². The predicted octanol–water partition coefficient (Wildman–Crippen LogP) is 4.59. The SMILES string of the molecule is N#CCCn1c2ccccc2c2c3c(c4c5ccccc5[nH]c4c21)C(=O)NC3. The third kappa shape index (κ3) is 1.77. The van der Waals surface area contributed by atoms with Crippen LogP contribution in [0.1, 0.15) is 22.3 Å². The molecular weight excluding hydrogens is 348 g/mol. The minimum absolute atomic E-state index is 0.0134. The van der Waals surface area contributed by atoms with E-state index < -0.39 is 0 Å². The van der Waals surface area contributed by atoms with Gasteiger partial charge in [-0.05, 0) is 17.7 Å². The minimum Gasteiger partial charge on any atom is -0.353 e. The summed E-state index contributed by atoms with van der Waals surface area (Å²) in [7, 11) is 0. The fourth-order valence-electron chi connectivity index (χ4n) is 4.80. The summed E-state index contributed by atoms with van der Waals surface area (Å²) in [6.45, 7) is 1.15. The summed E-state index contributed by atoms with van der Waals surface area (Å²) in [6, 6.07) is 18.6. The molecule has 5 nitrogen and oxygen atoms in total. The minimum atomic E-state index is -0.0134. The zero-order chi connectivity index (χ0) is 18.8. The molecule has 2 aromatic heterocycles. The molecule has 0 radical (unpaired) electrons. The van der Waals surface area contributed by atoms with Gasteiger partial charge in [0.25, 0.3) is 5.91 Å². The second-order valence-electron chi connectivity index (χ2n) is 7.26. The molecule has 5 heteroatoms. The Kier molecular flexibility index (Phi) is 2.93. The van der Waals surface area contributed by atoms with Crippen LogP contribution in [0.5, 0.6) is 0 Å². The molecule has 0 saturated carbocycles. The Bertz CT molecular complexity index is 1500. The molecule has 0 atom stereocenters. The zero-order valence-electron chi connectivity index (χ0n) is 15.0. The quantitative estimate of drug-likeness (QED) is 0.481. The number of fused-ring (bicyclic) bond motifs is 10. The van der Waals surface area contributed by atoms with Crippen molar-refractivity contribution < 1.29 is 4.79 Å². The summed E-state index contributed by atoms with van der Waals surface area (Å²) in [5.41, 5.74) is 6.01. The van der Waals surface area contributed by atoms with E-state index >= 15 is 0 Å². The summed E-state index contributed by atoms with van der Waals surface area (Å²) >= 11 is 0. The lowest BCUT2D eigenvalue weighted by Crippen LogP contribution is -2.12. The molecule has 134 valence electrons. The number of rotatable bonds is 2. The molecule has 1 amide bonds. The summed E-state index contributed by atoms with van der Waals surface area (Å²) in [5.74, 6) is -0.0134. The fourth-order valence-corrected chi connectivity index (χ4v) is 4.80. The Hall–Kier alpha value is -3.78. The molecule has 28 heavy (non-hydrogen) atoms. The summed E-state index contributed by atoms with van der Waals surface area (Å²) in [4.78, 5) is 16.4. The van der Waals surface area contributed by atoms with Gasteiger partial charge in [-0.3, -0.25) is 4.79 Å². The highest BCUT2D eigenvalue weighted by Crippen LogP contribution is 2.43. The van der Waals surface area contributed by atoms with Gasteiger partial charge in [-0.2, -0.15) is 5.26 Å². The summed E-state index contributed by atoms with van der Waals surface area (Å²) < 4.78 is 2.23. The lowest BCUT2D eigenvalue weighted by molar-refractivity contribution is 0.0967. The first kappa shape index (κ1) is 15.3. The van der Waals surface area contributed by atoms with Crippen LogP contribution in [-0.4, -0.2) is 15.5 Å². The number of H-pyrrole nitrogens is 1. The molecule has 0 aliphatic carbocycles. The Balaban J connectivity index is 1.95. The standard InChI is InChI=1S/C23H16N4O/c24-10-5-11-27-17-9-4-2-7-14(17)18-15-12-25-23(28)20(15)19-13-6-1-3-8-16(13)26-21(19)22(18)27/h1-4,6-9,26H,5,11-12H2,(H,25,28). The molecule has 0 fully saturated rings. The van der Waals surface area contributed by atoms with Crippen LogP contribution in [0.2, 0.25) is 0 Å². The number of carbonyl (C=O) groups is 1. The van der Waals surface area contributed by atoms with Crippen molar-refractivity contribution in [1.82, 2.24) is 14.9 Å². The molecule has 5 aromatic rings. The Labute approximate surface area is 160 Å². The van der Waals surface area contributed by atoms with E-state index in [1.807, 2.05) is 30.3 Å². The molecule has 2 N–H and O–H groups in total. The van der Waals surface area contributed by atoms with E-state index in [0.717, 1.165) is 54.7 Å². The molecule has 0 spiro atoms. The molecule has 0 bridgehead atoms. The van der Waals surface area contributed by atoms with Crippen LogP contribution in [0.25, 0.3) is 43.6 Å². The van der Waals surface area contributed by atoms with Crippen molar-refractivity contribution in [2.45, 2.75) is 19.5 Å². The number of carbonyl (C=O) groups excluding carboxylic acids is 1. The maximum Gasteiger partial charge on any atom is 0.252 e. The second-order valence-corrected chi connectivity index (χ2v) is 7.26. The van der Waals surface area contributed by atoms with Gasteiger partial charge in [0.2, 0.25) is 0 Å². The number of aromatic nitrogens is 2. The van der Waals surface area contributed by atoms with Crippen molar-refractivity contribution in [2.24, 2.45) is 0 Å². The average Bonchev–Trinajstić information content (AvgIpc) is 3.38. The smallest absolute Gasteiger partial charge is 0.252 e. The molecule has 6 rings (SSSR count). The van der Waals surface area contributed by atoms with Gasteiger partial charge >= 0.3 is 0 Å². The van der Waals surface area contributed by atoms with Crippen LogP contribution in [0.4, 0.5) is 0 Å². The second kappa shape index (κ2) is 5.37. The van der Waals surface area contributed by atoms with Crippen LogP contribution >= 0.6 is 0 Å². The number of aromatic amines is 1. The van der Waals surface area contributed by atoms with Crippen molar-refractivity contribution in [1.29, 1.82) is 5.26 Å². The highest BCUT2D eigenvalue weighted by Gasteiger charge is 2.30. The average molecular weight is 364 g/mol. The third-order valence-corrected chi connectivity index (χ3v) is 5.87. The van der Waals surface area contributed by atoms with Crippen molar-refractivity contribution in [3.63, 3.8) is 0 Å². The van der Waals surface area contributed by atoms with Crippen molar-refractivity contribution >= 4 is 49.5 Å². The number of hydrogen-bond donors (Lipinski definition) is 2. The van der Waals surface area contributed by atoms with Crippen LogP contribution in [-0.2, 0) is 13.1 Å². The van der Waals surface area contributed by atoms with Gasteiger partial charge in [0, 0.05) is 45.7 Å². The molecule has 0 unspecified atom stereocenters. The van der Waals surface area contributed by atoms with Crippen molar-refractivity contribution in [2.75, 3.05) is 0 Å². The van der Waals surface area contributed by atoms with Gasteiger partial charge in [-0.25, -0.2) is 0 Å². The maximum atomic E-state index is 12.8. The highest BCUT2D eigenvalue weighted by atomic mass is 16.1. The molecule has 3 aromatic carbocycles. The normalized spacial score (nSPS) is 13.5. The van der Waals surface area contributed by atoms with E-state index in [4.69, 9.17) is 0 Å². The molecule has 1 aliphatic heterocycles. The van der Waals surface area contributed by atoms with E-state index in [2.05, 4.69) is 39.1 Å². The number of benzene rings is 3. The van der Waals surface area contributed by atoms with E-state index in [1.165, 1.54) is 0 Å². The summed E-state index contributed by atoms with van der Waals surface area (Å²) in [6.07, 6.45) is 0.434. The largest absolute Gasteiger partial charge is 0.353 e. The number of hydrogen-bond acceptors (Lipinski definition) is 2. The fraction of sp³-hybridized carbons (Fsp3) is 0.130.